The van der Waals surface area contributed by atoms with Crippen LogP contribution in [0.15, 0.2) is 48.5 Å². The molecule has 0 heterocycles. The zero-order chi connectivity index (χ0) is 15.8. The molecule has 0 unspecified atom stereocenters. The first-order chi connectivity index (χ1) is 10.7. The zero-order valence-corrected chi connectivity index (χ0v) is 12.7. The van der Waals surface area contributed by atoms with Gasteiger partial charge in [-0.1, -0.05) is 29.8 Å². The number of benzene rings is 2. The average Bonchev–Trinajstić information content (AvgIpc) is 2.54. The predicted molar refractivity (Wildman–Crippen MR) is 87.6 cm³/mol. The van der Waals surface area contributed by atoms with Crippen molar-refractivity contribution in [3.05, 3.63) is 64.7 Å². The van der Waals surface area contributed by atoms with Gasteiger partial charge in [0.1, 0.15) is 0 Å². The van der Waals surface area contributed by atoms with Gasteiger partial charge in [-0.05, 0) is 35.9 Å². The van der Waals surface area contributed by atoms with Crippen molar-refractivity contribution < 1.29 is 4.79 Å². The molecule has 4 nitrogen and oxygen atoms in total. The summed E-state index contributed by atoms with van der Waals surface area (Å²) in [5.41, 5.74) is 2.44. The summed E-state index contributed by atoms with van der Waals surface area (Å²) >= 11 is 5.81. The molecule has 0 aromatic heterocycles. The number of carbonyl (C=O) groups is 1. The maximum Gasteiger partial charge on any atom is 0.222 e. The van der Waals surface area contributed by atoms with E-state index in [9.17, 15) is 4.79 Å². The van der Waals surface area contributed by atoms with E-state index in [4.69, 9.17) is 16.9 Å². The Morgan fingerprint density at radius 2 is 1.95 bits per heavy atom. The molecule has 0 aliphatic heterocycles. The molecule has 112 valence electrons. The van der Waals surface area contributed by atoms with Crippen molar-refractivity contribution in [1.29, 1.82) is 5.26 Å². The lowest BCUT2D eigenvalue weighted by Crippen LogP contribution is -2.24. The number of nitrogens with one attached hydrogen (secondary N) is 2. The second-order valence-corrected chi connectivity index (χ2v) is 5.21. The molecule has 0 aliphatic carbocycles. The third-order valence-electron chi connectivity index (χ3n) is 3.08. The third-order valence-corrected chi connectivity index (χ3v) is 3.33. The zero-order valence-electron chi connectivity index (χ0n) is 12.0. The molecule has 2 aromatic rings. The lowest BCUT2D eigenvalue weighted by atomic mass is 10.2. The summed E-state index contributed by atoms with van der Waals surface area (Å²) in [4.78, 5) is 11.8. The number of hydrogen-bond donors (Lipinski definition) is 2. The van der Waals surface area contributed by atoms with Crippen molar-refractivity contribution in [1.82, 2.24) is 5.32 Å². The van der Waals surface area contributed by atoms with Crippen LogP contribution in [0.2, 0.25) is 5.02 Å². The summed E-state index contributed by atoms with van der Waals surface area (Å²) in [6, 6.07) is 16.6. The Labute approximate surface area is 134 Å². The Kier molecular flexibility index (Phi) is 5.81. The highest BCUT2D eigenvalue weighted by atomic mass is 35.5. The maximum atomic E-state index is 11.8. The van der Waals surface area contributed by atoms with Crippen LogP contribution in [0.5, 0.6) is 0 Å². The van der Waals surface area contributed by atoms with Crippen molar-refractivity contribution in [3.63, 3.8) is 0 Å². The quantitative estimate of drug-likeness (QED) is 0.859. The third kappa shape index (κ3) is 5.12. The van der Waals surface area contributed by atoms with Crippen molar-refractivity contribution in [2.75, 3.05) is 11.9 Å². The lowest BCUT2D eigenvalue weighted by Gasteiger charge is -2.08. The highest BCUT2D eigenvalue weighted by Gasteiger charge is 2.02. The van der Waals surface area contributed by atoms with Gasteiger partial charge in [0.2, 0.25) is 5.91 Å². The summed E-state index contributed by atoms with van der Waals surface area (Å²) in [6.45, 7) is 1.00. The average molecular weight is 314 g/mol. The van der Waals surface area contributed by atoms with Crippen molar-refractivity contribution in [3.8, 4) is 6.07 Å². The van der Waals surface area contributed by atoms with Crippen molar-refractivity contribution in [2.45, 2.75) is 13.0 Å². The minimum Gasteiger partial charge on any atom is -0.384 e. The van der Waals surface area contributed by atoms with Crippen LogP contribution < -0.4 is 10.6 Å². The lowest BCUT2D eigenvalue weighted by molar-refractivity contribution is -0.121. The summed E-state index contributed by atoms with van der Waals surface area (Å²) in [5, 5.41) is 15.5. The van der Waals surface area contributed by atoms with E-state index < -0.39 is 0 Å². The Morgan fingerprint density at radius 1 is 1.18 bits per heavy atom. The van der Waals surface area contributed by atoms with Crippen LogP contribution in [0.25, 0.3) is 0 Å². The molecule has 5 heteroatoms. The number of halogens is 1. The summed E-state index contributed by atoms with van der Waals surface area (Å²) in [7, 11) is 0. The first kappa shape index (κ1) is 15.9. The number of rotatable bonds is 6. The number of nitrogens with zero attached hydrogens (tertiary/aromatic N) is 1. The molecular formula is C17H16ClN3O. The fourth-order valence-corrected chi connectivity index (χ4v) is 2.04. The minimum absolute atomic E-state index is 0.0288. The molecule has 0 aliphatic rings. The molecule has 2 N–H and O–H groups in total. The van der Waals surface area contributed by atoms with Crippen LogP contribution in [-0.2, 0) is 11.3 Å². The normalized spacial score (nSPS) is 9.82. The first-order valence-corrected chi connectivity index (χ1v) is 7.30. The molecule has 0 fully saturated rings. The number of carbonyl (C=O) groups excluding carboxylic acids is 1. The van der Waals surface area contributed by atoms with E-state index in [1.54, 1.807) is 24.3 Å². The molecule has 0 radical (unpaired) electrons. The van der Waals surface area contributed by atoms with Crippen molar-refractivity contribution in [2.24, 2.45) is 0 Å². The van der Waals surface area contributed by atoms with E-state index in [-0.39, 0.29) is 5.91 Å². The van der Waals surface area contributed by atoms with Gasteiger partial charge in [-0.25, -0.2) is 0 Å². The highest BCUT2D eigenvalue weighted by molar-refractivity contribution is 6.30. The van der Waals surface area contributed by atoms with E-state index in [1.165, 1.54) is 0 Å². The van der Waals surface area contributed by atoms with Gasteiger partial charge >= 0.3 is 0 Å². The maximum absolute atomic E-state index is 11.8. The fraction of sp³-hybridized carbons (Fsp3) is 0.176. The molecule has 0 spiro atoms. The minimum atomic E-state index is -0.0288. The SMILES string of the molecule is N#Cc1cccc(NCCC(=O)NCc2ccc(Cl)cc2)c1. The van der Waals surface area contributed by atoms with Gasteiger partial charge in [0.25, 0.3) is 0 Å². The van der Waals surface area contributed by atoms with E-state index in [0.29, 0.717) is 30.1 Å². The number of hydrogen-bond acceptors (Lipinski definition) is 3. The standard InChI is InChI=1S/C17H16ClN3O/c18-15-6-4-13(5-7-15)12-21-17(22)8-9-20-16-3-1-2-14(10-16)11-19/h1-7,10,20H,8-9,12H2,(H,21,22). The number of anilines is 1. The van der Waals surface area contributed by atoms with Crippen LogP contribution in [-0.4, -0.2) is 12.5 Å². The number of amides is 1. The molecule has 0 saturated carbocycles. The first-order valence-electron chi connectivity index (χ1n) is 6.92. The summed E-state index contributed by atoms with van der Waals surface area (Å²) in [6.07, 6.45) is 0.365. The van der Waals surface area contributed by atoms with Gasteiger partial charge in [-0.3, -0.25) is 4.79 Å². The monoisotopic (exact) mass is 313 g/mol. The van der Waals surface area contributed by atoms with Crippen LogP contribution in [0.1, 0.15) is 17.5 Å². The largest absolute Gasteiger partial charge is 0.384 e. The fourth-order valence-electron chi connectivity index (χ4n) is 1.91. The Balaban J connectivity index is 1.71. The highest BCUT2D eigenvalue weighted by Crippen LogP contribution is 2.10. The van der Waals surface area contributed by atoms with Gasteiger partial charge in [0.15, 0.2) is 0 Å². The van der Waals surface area contributed by atoms with Crippen molar-refractivity contribution >= 4 is 23.2 Å². The molecule has 0 bridgehead atoms. The van der Waals surface area contributed by atoms with Crippen LogP contribution in [0.3, 0.4) is 0 Å². The van der Waals surface area contributed by atoms with E-state index in [0.717, 1.165) is 11.3 Å². The van der Waals surface area contributed by atoms with E-state index in [1.807, 2.05) is 24.3 Å². The van der Waals surface area contributed by atoms with Crippen LogP contribution >= 0.6 is 11.6 Å². The van der Waals surface area contributed by atoms with Crippen LogP contribution in [0.4, 0.5) is 5.69 Å². The molecule has 0 atom stereocenters. The Hall–Kier alpha value is -2.51. The summed E-state index contributed by atoms with van der Waals surface area (Å²) in [5.74, 6) is -0.0288. The van der Waals surface area contributed by atoms with Gasteiger partial charge in [-0.2, -0.15) is 5.26 Å². The molecule has 2 aromatic carbocycles. The van der Waals surface area contributed by atoms with E-state index in [2.05, 4.69) is 16.7 Å². The van der Waals surface area contributed by atoms with Crippen LogP contribution in [0, 0.1) is 11.3 Å². The van der Waals surface area contributed by atoms with Gasteiger partial charge in [0.05, 0.1) is 11.6 Å². The molecule has 22 heavy (non-hydrogen) atoms. The molecule has 1 amide bonds. The predicted octanol–water partition coefficient (Wildman–Crippen LogP) is 3.33. The van der Waals surface area contributed by atoms with Gasteiger partial charge < -0.3 is 10.6 Å². The Bertz CT molecular complexity index is 677. The van der Waals surface area contributed by atoms with E-state index >= 15 is 0 Å². The second kappa shape index (κ2) is 8.06. The second-order valence-electron chi connectivity index (χ2n) is 4.77. The van der Waals surface area contributed by atoms with Gasteiger partial charge in [-0.15, -0.1) is 0 Å². The smallest absolute Gasteiger partial charge is 0.222 e. The molecule has 2 rings (SSSR count). The van der Waals surface area contributed by atoms with Gasteiger partial charge in [0, 0.05) is 30.2 Å². The Morgan fingerprint density at radius 3 is 2.68 bits per heavy atom. The molecule has 0 saturated heterocycles. The topological polar surface area (TPSA) is 64.9 Å². The molecular weight excluding hydrogens is 298 g/mol. The summed E-state index contributed by atoms with van der Waals surface area (Å²) < 4.78 is 0. The number of nitriles is 1.